The molecule has 0 atom stereocenters. The van der Waals surface area contributed by atoms with E-state index in [1.807, 2.05) is 0 Å². The first-order chi connectivity index (χ1) is 6.86. The summed E-state index contributed by atoms with van der Waals surface area (Å²) in [5.41, 5.74) is 0. The van der Waals surface area contributed by atoms with Crippen LogP contribution in [0.4, 0.5) is 0 Å². The molecule has 1 aliphatic rings. The molecule has 0 unspecified atom stereocenters. The Kier molecular flexibility index (Phi) is 6.70. The maximum Gasteiger partial charge on any atom is 0.00621 e. The molecule has 0 aromatic heterocycles. The van der Waals surface area contributed by atoms with Gasteiger partial charge in [-0.3, -0.25) is 0 Å². The van der Waals surface area contributed by atoms with E-state index in [9.17, 15) is 0 Å². The Morgan fingerprint density at radius 3 is 2.43 bits per heavy atom. The highest BCUT2D eigenvalue weighted by molar-refractivity contribution is 7.99. The van der Waals surface area contributed by atoms with Gasteiger partial charge in [0.15, 0.2) is 0 Å². The van der Waals surface area contributed by atoms with Gasteiger partial charge in [0.1, 0.15) is 0 Å². The Hall–Kier alpha value is 0.310. The second-order valence-corrected chi connectivity index (χ2v) is 5.65. The second-order valence-electron chi connectivity index (χ2n) is 4.24. The Balaban J connectivity index is 1.92. The molecule has 1 nitrogen and oxygen atoms in total. The number of hydrogen-bond donors (Lipinski definition) is 1. The van der Waals surface area contributed by atoms with Gasteiger partial charge in [0.05, 0.1) is 0 Å². The van der Waals surface area contributed by atoms with E-state index >= 15 is 0 Å². The van der Waals surface area contributed by atoms with Gasteiger partial charge < -0.3 is 5.32 Å². The molecule has 0 aromatic carbocycles. The number of nitrogens with one attached hydrogen (secondary N) is 1. The minimum absolute atomic E-state index is 0.749. The monoisotopic (exact) mass is 215 g/mol. The van der Waals surface area contributed by atoms with Gasteiger partial charge in [0.2, 0.25) is 0 Å². The summed E-state index contributed by atoms with van der Waals surface area (Å²) < 4.78 is 0. The van der Waals surface area contributed by atoms with Crippen LogP contribution in [0.5, 0.6) is 0 Å². The number of rotatable bonds is 7. The lowest BCUT2D eigenvalue weighted by Gasteiger charge is -2.15. The third-order valence-corrected chi connectivity index (χ3v) is 4.56. The second kappa shape index (κ2) is 7.58. The molecule has 1 fully saturated rings. The first kappa shape index (κ1) is 12.4. The molecule has 1 aliphatic carbocycles. The summed E-state index contributed by atoms with van der Waals surface area (Å²) in [6.45, 7) is 5.74. The molecule has 0 aromatic rings. The molecule has 0 bridgehead atoms. The molecular weight excluding hydrogens is 190 g/mol. The molecule has 0 spiro atoms. The molecule has 1 N–H and O–H groups in total. The van der Waals surface area contributed by atoms with Crippen molar-refractivity contribution in [2.45, 2.75) is 63.7 Å². The van der Waals surface area contributed by atoms with Crippen LogP contribution in [0, 0.1) is 0 Å². The van der Waals surface area contributed by atoms with E-state index in [4.69, 9.17) is 0 Å². The summed E-state index contributed by atoms with van der Waals surface area (Å²) in [5, 5.41) is 4.61. The zero-order valence-corrected chi connectivity index (χ0v) is 10.5. The highest BCUT2D eigenvalue weighted by Gasteiger charge is 2.14. The van der Waals surface area contributed by atoms with Crippen LogP contribution in [0.25, 0.3) is 0 Å². The van der Waals surface area contributed by atoms with E-state index in [-0.39, 0.29) is 0 Å². The van der Waals surface area contributed by atoms with Crippen LogP contribution in [0.2, 0.25) is 0 Å². The van der Waals surface area contributed by atoms with Crippen molar-refractivity contribution >= 4 is 11.8 Å². The zero-order valence-electron chi connectivity index (χ0n) is 9.72. The Morgan fingerprint density at radius 2 is 1.86 bits per heavy atom. The van der Waals surface area contributed by atoms with Crippen molar-refractivity contribution in [1.29, 1.82) is 0 Å². The Labute approximate surface area is 93.4 Å². The van der Waals surface area contributed by atoms with Crippen molar-refractivity contribution in [2.75, 3.05) is 12.3 Å². The van der Waals surface area contributed by atoms with E-state index in [1.54, 1.807) is 0 Å². The average Bonchev–Trinajstić information content (AvgIpc) is 2.71. The standard InChI is InChI=1S/C12H25NS/c1-3-11(4-2)13-9-10-14-12-7-5-6-8-12/h11-13H,3-10H2,1-2H3. The molecule has 1 saturated carbocycles. The summed E-state index contributed by atoms with van der Waals surface area (Å²) in [6, 6.07) is 0.749. The van der Waals surface area contributed by atoms with Crippen molar-refractivity contribution in [2.24, 2.45) is 0 Å². The van der Waals surface area contributed by atoms with Crippen LogP contribution < -0.4 is 5.32 Å². The van der Waals surface area contributed by atoms with Gasteiger partial charge in [0, 0.05) is 23.6 Å². The van der Waals surface area contributed by atoms with Crippen molar-refractivity contribution in [1.82, 2.24) is 5.32 Å². The molecular formula is C12H25NS. The van der Waals surface area contributed by atoms with Gasteiger partial charge in [-0.25, -0.2) is 0 Å². The van der Waals surface area contributed by atoms with Gasteiger partial charge in [-0.05, 0) is 25.7 Å². The third kappa shape index (κ3) is 4.70. The topological polar surface area (TPSA) is 12.0 Å². The summed E-state index contributed by atoms with van der Waals surface area (Å²) in [4.78, 5) is 0. The summed E-state index contributed by atoms with van der Waals surface area (Å²) >= 11 is 2.18. The van der Waals surface area contributed by atoms with E-state index in [1.165, 1.54) is 50.8 Å². The van der Waals surface area contributed by atoms with E-state index < -0.39 is 0 Å². The largest absolute Gasteiger partial charge is 0.313 e. The van der Waals surface area contributed by atoms with E-state index in [0.29, 0.717) is 0 Å². The molecule has 0 aliphatic heterocycles. The lowest BCUT2D eigenvalue weighted by molar-refractivity contribution is 0.501. The van der Waals surface area contributed by atoms with Crippen molar-refractivity contribution in [3.05, 3.63) is 0 Å². The highest BCUT2D eigenvalue weighted by Crippen LogP contribution is 2.28. The minimum Gasteiger partial charge on any atom is -0.313 e. The molecule has 0 radical (unpaired) electrons. The maximum absolute atomic E-state index is 3.62. The molecule has 14 heavy (non-hydrogen) atoms. The fraction of sp³-hybridized carbons (Fsp3) is 1.00. The lowest BCUT2D eigenvalue weighted by Crippen LogP contribution is -2.29. The molecule has 0 amide bonds. The highest BCUT2D eigenvalue weighted by atomic mass is 32.2. The number of thioether (sulfide) groups is 1. The van der Waals surface area contributed by atoms with Gasteiger partial charge in [-0.1, -0.05) is 26.7 Å². The Bertz CT molecular complexity index is 124. The van der Waals surface area contributed by atoms with Gasteiger partial charge in [-0.2, -0.15) is 11.8 Å². The van der Waals surface area contributed by atoms with Crippen LogP contribution in [0.3, 0.4) is 0 Å². The molecule has 0 saturated heterocycles. The molecule has 1 rings (SSSR count). The quantitative estimate of drug-likeness (QED) is 0.653. The molecule has 84 valence electrons. The van der Waals surface area contributed by atoms with E-state index in [2.05, 4.69) is 30.9 Å². The van der Waals surface area contributed by atoms with Crippen LogP contribution in [0.15, 0.2) is 0 Å². The van der Waals surface area contributed by atoms with Crippen molar-refractivity contribution in [3.8, 4) is 0 Å². The van der Waals surface area contributed by atoms with Crippen LogP contribution in [-0.4, -0.2) is 23.6 Å². The zero-order chi connectivity index (χ0) is 10.2. The first-order valence-electron chi connectivity index (χ1n) is 6.21. The number of hydrogen-bond acceptors (Lipinski definition) is 2. The molecule has 2 heteroatoms. The summed E-state index contributed by atoms with van der Waals surface area (Å²) in [7, 11) is 0. The summed E-state index contributed by atoms with van der Waals surface area (Å²) in [5.74, 6) is 1.31. The van der Waals surface area contributed by atoms with Gasteiger partial charge in [-0.15, -0.1) is 0 Å². The fourth-order valence-electron chi connectivity index (χ4n) is 2.12. The minimum atomic E-state index is 0.749. The maximum atomic E-state index is 3.62. The van der Waals surface area contributed by atoms with Crippen LogP contribution >= 0.6 is 11.8 Å². The van der Waals surface area contributed by atoms with Crippen LogP contribution in [0.1, 0.15) is 52.4 Å². The fourth-order valence-corrected chi connectivity index (χ4v) is 3.36. The predicted octanol–water partition coefficient (Wildman–Crippen LogP) is 3.44. The third-order valence-electron chi connectivity index (χ3n) is 3.18. The van der Waals surface area contributed by atoms with Crippen molar-refractivity contribution < 1.29 is 0 Å². The van der Waals surface area contributed by atoms with E-state index in [0.717, 1.165) is 11.3 Å². The smallest absolute Gasteiger partial charge is 0.00621 e. The van der Waals surface area contributed by atoms with Gasteiger partial charge in [0.25, 0.3) is 0 Å². The average molecular weight is 215 g/mol. The lowest BCUT2D eigenvalue weighted by atomic mass is 10.2. The predicted molar refractivity (Wildman–Crippen MR) is 67.1 cm³/mol. The van der Waals surface area contributed by atoms with Crippen LogP contribution in [-0.2, 0) is 0 Å². The van der Waals surface area contributed by atoms with Crippen molar-refractivity contribution in [3.63, 3.8) is 0 Å². The molecule has 0 heterocycles. The Morgan fingerprint density at radius 1 is 1.21 bits per heavy atom. The SMILES string of the molecule is CCC(CC)NCCSC1CCCC1. The van der Waals surface area contributed by atoms with Gasteiger partial charge >= 0.3 is 0 Å². The first-order valence-corrected chi connectivity index (χ1v) is 7.26. The summed E-state index contributed by atoms with van der Waals surface area (Å²) in [6.07, 6.45) is 8.41. The normalized spacial score (nSPS) is 18.2.